The van der Waals surface area contributed by atoms with Gasteiger partial charge in [-0.05, 0) is 57.1 Å². The van der Waals surface area contributed by atoms with Gasteiger partial charge in [-0.3, -0.25) is 9.59 Å². The van der Waals surface area contributed by atoms with Crippen LogP contribution in [0.5, 0.6) is 0 Å². The summed E-state index contributed by atoms with van der Waals surface area (Å²) in [5, 5.41) is 22.1. The maximum atomic E-state index is 11.9. The van der Waals surface area contributed by atoms with Crippen molar-refractivity contribution in [2.45, 2.75) is 78.8 Å². The Kier molecular flexibility index (Phi) is 8.06. The van der Waals surface area contributed by atoms with Gasteiger partial charge >= 0.3 is 11.9 Å². The smallest absolute Gasteiger partial charge is 0.303 e. The third-order valence-corrected chi connectivity index (χ3v) is 6.48. The van der Waals surface area contributed by atoms with Crippen molar-refractivity contribution >= 4 is 11.9 Å². The first kappa shape index (κ1) is 24.4. The van der Waals surface area contributed by atoms with E-state index >= 15 is 0 Å². The van der Waals surface area contributed by atoms with Crippen LogP contribution < -0.4 is 0 Å². The van der Waals surface area contributed by atoms with E-state index in [0.717, 1.165) is 23.1 Å². The third-order valence-electron chi connectivity index (χ3n) is 6.48. The number of fused-ring (bicyclic) bond motifs is 1. The minimum atomic E-state index is -0.788. The summed E-state index contributed by atoms with van der Waals surface area (Å²) in [6.07, 6.45) is 1.86. The third kappa shape index (κ3) is 5.41. The van der Waals surface area contributed by atoms with Crippen LogP contribution in [0.25, 0.3) is 0 Å². The highest BCUT2D eigenvalue weighted by Gasteiger charge is 2.48. The van der Waals surface area contributed by atoms with Crippen LogP contribution in [0.4, 0.5) is 0 Å². The zero-order chi connectivity index (χ0) is 22.7. The SMILES string of the molecule is C=C1C(O)CC(C(C)C(OC(C)=O)C(C=C(C)C)OC(C)=O)C(O)C2C(C)=CCC12. The number of hydrogen-bond acceptors (Lipinski definition) is 6. The lowest BCUT2D eigenvalue weighted by molar-refractivity contribution is -0.169. The molecule has 0 aliphatic heterocycles. The Morgan fingerprint density at radius 3 is 2.30 bits per heavy atom. The number of esters is 2. The van der Waals surface area contributed by atoms with E-state index in [-0.39, 0.29) is 23.7 Å². The van der Waals surface area contributed by atoms with Crippen molar-refractivity contribution in [3.63, 3.8) is 0 Å². The average Bonchev–Trinajstić information content (AvgIpc) is 2.98. The normalized spacial score (nSPS) is 31.5. The predicted molar refractivity (Wildman–Crippen MR) is 114 cm³/mol. The van der Waals surface area contributed by atoms with Crippen LogP contribution in [0, 0.1) is 23.7 Å². The summed E-state index contributed by atoms with van der Waals surface area (Å²) in [5.74, 6) is -1.85. The van der Waals surface area contributed by atoms with Gasteiger partial charge in [0.25, 0.3) is 0 Å². The van der Waals surface area contributed by atoms with Crippen LogP contribution in [0.3, 0.4) is 0 Å². The molecular formula is C24H36O6. The Morgan fingerprint density at radius 2 is 1.77 bits per heavy atom. The fourth-order valence-corrected chi connectivity index (χ4v) is 5.01. The Morgan fingerprint density at radius 1 is 1.17 bits per heavy atom. The quantitative estimate of drug-likeness (QED) is 0.506. The molecule has 0 heterocycles. The van der Waals surface area contributed by atoms with E-state index in [9.17, 15) is 19.8 Å². The van der Waals surface area contributed by atoms with E-state index in [4.69, 9.17) is 9.47 Å². The van der Waals surface area contributed by atoms with Gasteiger partial charge in [0.15, 0.2) is 6.10 Å². The van der Waals surface area contributed by atoms with Crippen molar-refractivity contribution in [1.29, 1.82) is 0 Å². The average molecular weight is 421 g/mol. The first-order chi connectivity index (χ1) is 13.9. The molecule has 30 heavy (non-hydrogen) atoms. The van der Waals surface area contributed by atoms with E-state index in [1.54, 1.807) is 6.08 Å². The molecule has 1 saturated carbocycles. The van der Waals surface area contributed by atoms with Crippen molar-refractivity contribution < 1.29 is 29.3 Å². The fourth-order valence-electron chi connectivity index (χ4n) is 5.01. The maximum Gasteiger partial charge on any atom is 0.303 e. The first-order valence-corrected chi connectivity index (χ1v) is 10.6. The molecule has 8 atom stereocenters. The van der Waals surface area contributed by atoms with Crippen LogP contribution in [-0.2, 0) is 19.1 Å². The number of ether oxygens (including phenoxy) is 2. The number of carbonyl (C=O) groups excluding carboxylic acids is 2. The maximum absolute atomic E-state index is 11.9. The topological polar surface area (TPSA) is 93.1 Å². The number of hydrogen-bond donors (Lipinski definition) is 2. The highest BCUT2D eigenvalue weighted by atomic mass is 16.6. The molecule has 0 bridgehead atoms. The Balaban J connectivity index is 2.43. The number of carbonyl (C=O) groups is 2. The van der Waals surface area contributed by atoms with Crippen LogP contribution in [0.1, 0.15) is 54.4 Å². The van der Waals surface area contributed by atoms with Crippen LogP contribution in [0.2, 0.25) is 0 Å². The van der Waals surface area contributed by atoms with Gasteiger partial charge in [-0.1, -0.05) is 30.7 Å². The minimum absolute atomic E-state index is 0.00132. The van der Waals surface area contributed by atoms with Crippen molar-refractivity contribution in [3.05, 3.63) is 35.5 Å². The molecule has 6 heteroatoms. The zero-order valence-electron chi connectivity index (χ0n) is 18.9. The van der Waals surface area contributed by atoms with E-state index in [2.05, 4.69) is 12.7 Å². The second-order valence-corrected chi connectivity index (χ2v) is 9.05. The van der Waals surface area contributed by atoms with Crippen LogP contribution in [-0.4, -0.2) is 46.6 Å². The number of aliphatic hydroxyl groups excluding tert-OH is 2. The number of allylic oxidation sites excluding steroid dienone is 2. The van der Waals surface area contributed by atoms with Gasteiger partial charge in [0, 0.05) is 25.7 Å². The van der Waals surface area contributed by atoms with E-state index < -0.39 is 36.4 Å². The highest BCUT2D eigenvalue weighted by molar-refractivity contribution is 5.67. The summed E-state index contributed by atoms with van der Waals surface area (Å²) in [6, 6.07) is 0. The van der Waals surface area contributed by atoms with Crippen molar-refractivity contribution in [2.75, 3.05) is 0 Å². The molecule has 6 nitrogen and oxygen atoms in total. The minimum Gasteiger partial charge on any atom is -0.458 e. The Labute approximate surface area is 179 Å². The highest BCUT2D eigenvalue weighted by Crippen LogP contribution is 2.47. The summed E-state index contributed by atoms with van der Waals surface area (Å²) < 4.78 is 11.1. The standard InChI is InChI=1S/C24H36O6/c1-12(2)10-21(29-16(6)25)24(30-17(7)26)15(5)19-11-20(27)14(4)18-9-8-13(3)22(18)23(19)28/h8,10,15,18-24,27-28H,4,9,11H2,1-3,5-7H3. The fraction of sp³-hybridized carbons (Fsp3) is 0.667. The van der Waals surface area contributed by atoms with Gasteiger partial charge < -0.3 is 19.7 Å². The van der Waals surface area contributed by atoms with Gasteiger partial charge in [0.1, 0.15) is 6.10 Å². The number of rotatable bonds is 6. The summed E-state index contributed by atoms with van der Waals surface area (Å²) in [5.41, 5.74) is 2.74. The van der Waals surface area contributed by atoms with E-state index in [1.807, 2.05) is 27.7 Å². The molecule has 0 saturated heterocycles. The molecule has 0 aromatic rings. The molecule has 2 aliphatic carbocycles. The molecule has 1 fully saturated rings. The van der Waals surface area contributed by atoms with E-state index in [1.165, 1.54) is 13.8 Å². The second kappa shape index (κ2) is 9.92. The van der Waals surface area contributed by atoms with Gasteiger partial charge in [0.05, 0.1) is 12.2 Å². The van der Waals surface area contributed by atoms with Gasteiger partial charge in [0.2, 0.25) is 0 Å². The lowest BCUT2D eigenvalue weighted by Crippen LogP contribution is -2.45. The monoisotopic (exact) mass is 420 g/mol. The van der Waals surface area contributed by atoms with Gasteiger partial charge in [-0.2, -0.15) is 0 Å². The molecule has 0 aromatic carbocycles. The summed E-state index contributed by atoms with van der Waals surface area (Å²) >= 11 is 0. The van der Waals surface area contributed by atoms with Crippen LogP contribution in [0.15, 0.2) is 35.5 Å². The first-order valence-electron chi connectivity index (χ1n) is 10.6. The molecule has 2 aliphatic rings. The lowest BCUT2D eigenvalue weighted by atomic mass is 9.75. The Hall–Kier alpha value is -1.92. The summed E-state index contributed by atoms with van der Waals surface area (Å²) in [6.45, 7) is 14.3. The zero-order valence-corrected chi connectivity index (χ0v) is 18.9. The summed E-state index contributed by atoms with van der Waals surface area (Å²) in [7, 11) is 0. The molecule has 2 N–H and O–H groups in total. The van der Waals surface area contributed by atoms with Crippen LogP contribution >= 0.6 is 0 Å². The van der Waals surface area contributed by atoms with Crippen molar-refractivity contribution in [3.8, 4) is 0 Å². The largest absolute Gasteiger partial charge is 0.458 e. The molecule has 0 radical (unpaired) electrons. The van der Waals surface area contributed by atoms with Gasteiger partial charge in [-0.15, -0.1) is 0 Å². The molecule has 168 valence electrons. The molecule has 8 unspecified atom stereocenters. The van der Waals surface area contributed by atoms with Gasteiger partial charge in [-0.25, -0.2) is 0 Å². The Bertz CT molecular complexity index is 732. The molecular weight excluding hydrogens is 384 g/mol. The van der Waals surface area contributed by atoms with Crippen molar-refractivity contribution in [1.82, 2.24) is 0 Å². The summed E-state index contributed by atoms with van der Waals surface area (Å²) in [4.78, 5) is 23.6. The molecule has 2 rings (SSSR count). The second-order valence-electron chi connectivity index (χ2n) is 9.05. The molecule has 0 amide bonds. The number of aliphatic hydroxyl groups is 2. The molecule has 0 aromatic heterocycles. The molecule has 0 spiro atoms. The predicted octanol–water partition coefficient (Wildman–Crippen LogP) is 3.33. The van der Waals surface area contributed by atoms with Crippen molar-refractivity contribution in [2.24, 2.45) is 23.7 Å². The van der Waals surface area contributed by atoms with E-state index in [0.29, 0.717) is 6.42 Å². The lowest BCUT2D eigenvalue weighted by Gasteiger charge is -2.38.